The lowest BCUT2D eigenvalue weighted by atomic mass is 10.1. The monoisotopic (exact) mass is 340 g/mol. The van der Waals surface area contributed by atoms with E-state index in [4.69, 9.17) is 0 Å². The highest BCUT2D eigenvalue weighted by atomic mass is 32.2. The maximum Gasteiger partial charge on any atom is 0.321 e. The van der Waals surface area contributed by atoms with E-state index < -0.39 is 17.2 Å². The molecule has 3 aromatic rings. The topological polar surface area (TPSA) is 86.9 Å². The van der Waals surface area contributed by atoms with Gasteiger partial charge < -0.3 is 10.3 Å². The van der Waals surface area contributed by atoms with Gasteiger partial charge in [-0.05, 0) is 17.7 Å². The summed E-state index contributed by atoms with van der Waals surface area (Å²) in [5.41, 5.74) is 2.53. The number of aromatic nitrogens is 2. The molecule has 6 nitrogen and oxygen atoms in total. The molecule has 122 valence electrons. The van der Waals surface area contributed by atoms with Gasteiger partial charge in [0.1, 0.15) is 5.25 Å². The first-order valence-electron chi connectivity index (χ1n) is 7.36. The van der Waals surface area contributed by atoms with E-state index in [0.717, 1.165) is 16.6 Å². The molecule has 1 atom stereocenters. The Morgan fingerprint density at radius 1 is 1.08 bits per heavy atom. The summed E-state index contributed by atoms with van der Waals surface area (Å²) in [5.74, 6) is -0.397. The molecule has 1 aromatic heterocycles. The molecule has 3 N–H and O–H groups in total. The number of nitrogens with zero attached hydrogens (tertiary/aromatic N) is 1. The molecule has 0 fully saturated rings. The number of rotatable bonds is 4. The number of H-pyrrole nitrogens is 1. The Bertz CT molecular complexity index is 830. The number of benzene rings is 2. The number of fused-ring (bicyclic) bond motifs is 1. The lowest BCUT2D eigenvalue weighted by molar-refractivity contribution is -0.119. The standard InChI is InChI=1S/C17H16N4O2S/c1-18-16(23)21-15(22)14(11-7-3-2-4-8-11)24-17-19-12-9-5-6-10-13(12)20-17/h2-10,14H,1H3,(H,19,20)(H2,18,21,22,23). The van der Waals surface area contributed by atoms with Crippen LogP contribution in [0.3, 0.4) is 0 Å². The van der Waals surface area contributed by atoms with E-state index in [9.17, 15) is 9.59 Å². The SMILES string of the molecule is CNC(=O)NC(=O)C(Sc1nc2ccccc2[nH]1)c1ccccc1. The lowest BCUT2D eigenvalue weighted by Crippen LogP contribution is -2.39. The number of thioether (sulfide) groups is 1. The highest BCUT2D eigenvalue weighted by Gasteiger charge is 2.24. The van der Waals surface area contributed by atoms with E-state index in [1.165, 1.54) is 18.8 Å². The third kappa shape index (κ3) is 3.57. The van der Waals surface area contributed by atoms with Crippen LogP contribution in [-0.4, -0.2) is 29.0 Å². The molecule has 3 rings (SSSR count). The minimum Gasteiger partial charge on any atom is -0.341 e. The Kier molecular flexibility index (Phi) is 4.81. The predicted molar refractivity (Wildman–Crippen MR) is 93.7 cm³/mol. The minimum atomic E-state index is -0.593. The van der Waals surface area contributed by atoms with Gasteiger partial charge in [-0.15, -0.1) is 0 Å². The number of aromatic amines is 1. The molecule has 0 aliphatic heterocycles. The van der Waals surface area contributed by atoms with Gasteiger partial charge in [0.25, 0.3) is 0 Å². The van der Waals surface area contributed by atoms with Crippen molar-refractivity contribution in [3.05, 3.63) is 60.2 Å². The molecule has 0 spiro atoms. The van der Waals surface area contributed by atoms with Crippen molar-refractivity contribution in [1.29, 1.82) is 0 Å². The summed E-state index contributed by atoms with van der Waals surface area (Å²) in [6.45, 7) is 0. The van der Waals surface area contributed by atoms with Crippen molar-refractivity contribution in [2.45, 2.75) is 10.4 Å². The number of carbonyl (C=O) groups is 2. The van der Waals surface area contributed by atoms with Crippen LogP contribution in [0, 0.1) is 0 Å². The fourth-order valence-corrected chi connectivity index (χ4v) is 3.24. The van der Waals surface area contributed by atoms with Gasteiger partial charge in [-0.3, -0.25) is 10.1 Å². The second-order valence-electron chi connectivity index (χ2n) is 5.04. The zero-order valence-corrected chi connectivity index (χ0v) is 13.8. The van der Waals surface area contributed by atoms with E-state index in [1.807, 2.05) is 54.6 Å². The van der Waals surface area contributed by atoms with E-state index in [1.54, 1.807) is 0 Å². The fraction of sp³-hybridized carbons (Fsp3) is 0.118. The number of imidazole rings is 1. The average molecular weight is 340 g/mol. The van der Waals surface area contributed by atoms with E-state index in [-0.39, 0.29) is 0 Å². The number of hydrogen-bond acceptors (Lipinski definition) is 4. The van der Waals surface area contributed by atoms with Crippen LogP contribution in [0.15, 0.2) is 59.8 Å². The van der Waals surface area contributed by atoms with E-state index in [2.05, 4.69) is 20.6 Å². The van der Waals surface area contributed by atoms with Gasteiger partial charge in [0.2, 0.25) is 5.91 Å². The number of amides is 3. The van der Waals surface area contributed by atoms with Gasteiger partial charge in [0.05, 0.1) is 11.0 Å². The summed E-state index contributed by atoms with van der Waals surface area (Å²) in [6.07, 6.45) is 0. The number of carbonyl (C=O) groups excluding carboxylic acids is 2. The third-order valence-electron chi connectivity index (χ3n) is 3.40. The van der Waals surface area contributed by atoms with Crippen LogP contribution in [-0.2, 0) is 4.79 Å². The number of imide groups is 1. The number of urea groups is 1. The molecule has 2 aromatic carbocycles. The van der Waals surface area contributed by atoms with Gasteiger partial charge >= 0.3 is 6.03 Å². The summed E-state index contributed by atoms with van der Waals surface area (Å²) in [4.78, 5) is 31.6. The molecule has 0 radical (unpaired) electrons. The summed E-state index contributed by atoms with van der Waals surface area (Å²) in [7, 11) is 1.46. The zero-order chi connectivity index (χ0) is 16.9. The molecule has 1 unspecified atom stereocenters. The first kappa shape index (κ1) is 16.1. The minimum absolute atomic E-state index is 0.397. The quantitative estimate of drug-likeness (QED) is 0.637. The largest absolute Gasteiger partial charge is 0.341 e. The second-order valence-corrected chi connectivity index (χ2v) is 6.13. The summed E-state index contributed by atoms with van der Waals surface area (Å²) < 4.78 is 0. The summed E-state index contributed by atoms with van der Waals surface area (Å²) in [6, 6.07) is 16.4. The molecule has 0 bridgehead atoms. The molecule has 1 heterocycles. The van der Waals surface area contributed by atoms with Gasteiger partial charge in [-0.25, -0.2) is 9.78 Å². The normalized spacial score (nSPS) is 11.9. The van der Waals surface area contributed by atoms with Crippen molar-refractivity contribution in [1.82, 2.24) is 20.6 Å². The first-order valence-corrected chi connectivity index (χ1v) is 8.24. The van der Waals surface area contributed by atoms with Gasteiger partial charge in [-0.1, -0.05) is 54.2 Å². The van der Waals surface area contributed by atoms with Crippen molar-refractivity contribution < 1.29 is 9.59 Å². The van der Waals surface area contributed by atoms with Crippen molar-refractivity contribution in [2.24, 2.45) is 0 Å². The Balaban J connectivity index is 1.89. The smallest absolute Gasteiger partial charge is 0.321 e. The average Bonchev–Trinajstić information content (AvgIpc) is 3.02. The highest BCUT2D eigenvalue weighted by Crippen LogP contribution is 2.34. The van der Waals surface area contributed by atoms with Crippen LogP contribution in [0.1, 0.15) is 10.8 Å². The van der Waals surface area contributed by atoms with Crippen LogP contribution >= 0.6 is 11.8 Å². The van der Waals surface area contributed by atoms with Gasteiger partial charge in [0.15, 0.2) is 5.16 Å². The molecule has 24 heavy (non-hydrogen) atoms. The van der Waals surface area contributed by atoms with E-state index in [0.29, 0.717) is 5.16 Å². The molecular weight excluding hydrogens is 324 g/mol. The Morgan fingerprint density at radius 2 is 1.79 bits per heavy atom. The molecule has 7 heteroatoms. The van der Waals surface area contributed by atoms with Crippen LogP contribution in [0.4, 0.5) is 4.79 Å². The molecule has 0 saturated heterocycles. The lowest BCUT2D eigenvalue weighted by Gasteiger charge is -2.14. The van der Waals surface area contributed by atoms with Gasteiger partial charge in [0, 0.05) is 7.05 Å². The van der Waals surface area contributed by atoms with Crippen LogP contribution in [0.25, 0.3) is 11.0 Å². The van der Waals surface area contributed by atoms with Crippen LogP contribution in [0.2, 0.25) is 0 Å². The number of para-hydroxylation sites is 2. The Morgan fingerprint density at radius 3 is 2.50 bits per heavy atom. The molecular formula is C17H16N4O2S. The molecule has 0 aliphatic carbocycles. The van der Waals surface area contributed by atoms with Crippen molar-refractivity contribution in [3.8, 4) is 0 Å². The van der Waals surface area contributed by atoms with Crippen LogP contribution in [0.5, 0.6) is 0 Å². The zero-order valence-electron chi connectivity index (χ0n) is 12.9. The highest BCUT2D eigenvalue weighted by molar-refractivity contribution is 8.00. The number of nitrogens with one attached hydrogen (secondary N) is 3. The molecule has 0 saturated carbocycles. The van der Waals surface area contributed by atoms with Crippen molar-refractivity contribution in [3.63, 3.8) is 0 Å². The molecule has 0 aliphatic rings. The van der Waals surface area contributed by atoms with Crippen molar-refractivity contribution in [2.75, 3.05) is 7.05 Å². The maximum atomic E-state index is 12.5. The summed E-state index contributed by atoms with van der Waals surface area (Å²) in [5, 5.41) is 4.74. The van der Waals surface area contributed by atoms with Crippen molar-refractivity contribution >= 4 is 34.7 Å². The second kappa shape index (κ2) is 7.18. The van der Waals surface area contributed by atoms with Crippen LogP contribution < -0.4 is 10.6 Å². The fourth-order valence-electron chi connectivity index (χ4n) is 2.24. The van der Waals surface area contributed by atoms with Gasteiger partial charge in [-0.2, -0.15) is 0 Å². The molecule has 3 amide bonds. The summed E-state index contributed by atoms with van der Waals surface area (Å²) >= 11 is 1.27. The first-order chi connectivity index (χ1) is 11.7. The Labute approximate surface area is 143 Å². The number of hydrogen-bond donors (Lipinski definition) is 3. The van der Waals surface area contributed by atoms with E-state index >= 15 is 0 Å². The third-order valence-corrected chi connectivity index (χ3v) is 4.54. The predicted octanol–water partition coefficient (Wildman–Crippen LogP) is 2.85. The maximum absolute atomic E-state index is 12.5. The Hall–Kier alpha value is -2.80.